The lowest BCUT2D eigenvalue weighted by Crippen LogP contribution is -2.45. The molecule has 58 valence electrons. The molecule has 0 amide bonds. The largest absolute Gasteiger partial charge is 0.329 e. The van der Waals surface area contributed by atoms with Gasteiger partial charge in [-0.25, -0.2) is 0 Å². The van der Waals surface area contributed by atoms with Gasteiger partial charge in [0.15, 0.2) is 0 Å². The van der Waals surface area contributed by atoms with Crippen molar-refractivity contribution in [3.8, 4) is 0 Å². The quantitative estimate of drug-likeness (QED) is 0.560. The van der Waals surface area contributed by atoms with Crippen LogP contribution in [0.3, 0.4) is 0 Å². The minimum absolute atomic E-state index is 0.191. The van der Waals surface area contributed by atoms with Crippen molar-refractivity contribution in [1.29, 1.82) is 0 Å². The molecular weight excluding hydrogens is 124 g/mol. The van der Waals surface area contributed by atoms with Gasteiger partial charge < -0.3 is 11.5 Å². The zero-order chi connectivity index (χ0) is 7.56. The van der Waals surface area contributed by atoms with E-state index in [-0.39, 0.29) is 6.04 Å². The average Bonchev–Trinajstić information content (AvgIpc) is 1.86. The molecule has 1 rings (SSSR count). The molecule has 1 saturated carbocycles. The summed E-state index contributed by atoms with van der Waals surface area (Å²) in [5, 5.41) is 0. The Morgan fingerprint density at radius 1 is 1.60 bits per heavy atom. The van der Waals surface area contributed by atoms with E-state index >= 15 is 0 Å². The minimum atomic E-state index is 0.191. The van der Waals surface area contributed by atoms with Crippen molar-refractivity contribution in [2.75, 3.05) is 6.54 Å². The highest BCUT2D eigenvalue weighted by Gasteiger charge is 2.32. The van der Waals surface area contributed by atoms with Crippen LogP contribution in [0.2, 0.25) is 0 Å². The number of hydrogen-bond donors (Lipinski definition) is 2. The predicted octanol–water partition coefficient (Wildman–Crippen LogP) is 0.485. The molecule has 1 aliphatic rings. The molecule has 4 N–H and O–H groups in total. The van der Waals surface area contributed by atoms with Crippen molar-refractivity contribution in [3.63, 3.8) is 0 Å². The van der Waals surface area contributed by atoms with Gasteiger partial charge in [-0.3, -0.25) is 0 Å². The Balaban J connectivity index is 2.34. The summed E-state index contributed by atoms with van der Waals surface area (Å²) in [6.07, 6.45) is 4.49. The van der Waals surface area contributed by atoms with E-state index in [9.17, 15) is 0 Å². The number of allylic oxidation sites excluding steroid dienone is 1. The van der Waals surface area contributed by atoms with Gasteiger partial charge in [0.25, 0.3) is 0 Å². The molecule has 3 atom stereocenters. The van der Waals surface area contributed by atoms with Crippen molar-refractivity contribution in [2.45, 2.75) is 18.9 Å². The van der Waals surface area contributed by atoms with Crippen molar-refractivity contribution < 1.29 is 0 Å². The zero-order valence-electron chi connectivity index (χ0n) is 6.29. The maximum atomic E-state index is 5.77. The van der Waals surface area contributed by atoms with Crippen LogP contribution in [0, 0.1) is 11.8 Å². The Kier molecular flexibility index (Phi) is 2.46. The lowest BCUT2D eigenvalue weighted by atomic mass is 9.70. The molecule has 0 saturated heterocycles. The summed E-state index contributed by atoms with van der Waals surface area (Å²) in [6.45, 7) is 4.36. The summed E-state index contributed by atoms with van der Waals surface area (Å²) < 4.78 is 0. The number of nitrogens with two attached hydrogens (primary N) is 2. The van der Waals surface area contributed by atoms with Crippen molar-refractivity contribution in [1.82, 2.24) is 0 Å². The van der Waals surface area contributed by atoms with E-state index in [1.165, 1.54) is 12.8 Å². The Labute approximate surface area is 62.3 Å². The lowest BCUT2D eigenvalue weighted by Gasteiger charge is -2.38. The van der Waals surface area contributed by atoms with Crippen LogP contribution in [0.5, 0.6) is 0 Å². The lowest BCUT2D eigenvalue weighted by molar-refractivity contribution is 0.190. The van der Waals surface area contributed by atoms with Crippen LogP contribution in [-0.4, -0.2) is 12.6 Å². The van der Waals surface area contributed by atoms with Crippen LogP contribution in [0.25, 0.3) is 0 Å². The number of hydrogen-bond acceptors (Lipinski definition) is 2. The molecule has 0 radical (unpaired) electrons. The highest BCUT2D eigenvalue weighted by atomic mass is 14.7. The van der Waals surface area contributed by atoms with E-state index in [1.807, 2.05) is 6.08 Å². The molecule has 0 aromatic rings. The van der Waals surface area contributed by atoms with Crippen LogP contribution in [-0.2, 0) is 0 Å². The molecule has 1 fully saturated rings. The van der Waals surface area contributed by atoms with Crippen molar-refractivity contribution in [3.05, 3.63) is 12.7 Å². The molecule has 1 unspecified atom stereocenters. The normalized spacial score (nSPS) is 34.6. The van der Waals surface area contributed by atoms with Gasteiger partial charge in [0.1, 0.15) is 0 Å². The maximum Gasteiger partial charge on any atom is 0.0197 e. The molecule has 0 bridgehead atoms. The first-order valence-electron chi connectivity index (χ1n) is 3.87. The van der Waals surface area contributed by atoms with E-state index in [2.05, 4.69) is 6.58 Å². The molecular formula is C8H16N2. The van der Waals surface area contributed by atoms with Crippen LogP contribution in [0.15, 0.2) is 12.7 Å². The molecule has 0 heterocycles. The molecule has 10 heavy (non-hydrogen) atoms. The van der Waals surface area contributed by atoms with Gasteiger partial charge in [-0.05, 0) is 24.7 Å². The smallest absolute Gasteiger partial charge is 0.0197 e. The molecule has 0 aliphatic heterocycles. The number of rotatable bonds is 3. The minimum Gasteiger partial charge on any atom is -0.329 e. The summed E-state index contributed by atoms with van der Waals surface area (Å²) in [4.78, 5) is 0. The summed E-state index contributed by atoms with van der Waals surface area (Å²) >= 11 is 0. The highest BCUT2D eigenvalue weighted by Crippen LogP contribution is 2.36. The van der Waals surface area contributed by atoms with Gasteiger partial charge in [0.2, 0.25) is 0 Å². The molecule has 2 heteroatoms. The highest BCUT2D eigenvalue weighted by molar-refractivity contribution is 4.96. The molecule has 0 spiro atoms. The van der Waals surface area contributed by atoms with Crippen molar-refractivity contribution >= 4 is 0 Å². The van der Waals surface area contributed by atoms with Crippen LogP contribution in [0.1, 0.15) is 12.8 Å². The third-order valence-electron chi connectivity index (χ3n) is 2.51. The zero-order valence-corrected chi connectivity index (χ0v) is 6.29. The summed E-state index contributed by atoms with van der Waals surface area (Å²) in [5.74, 6) is 1.25. The summed E-state index contributed by atoms with van der Waals surface area (Å²) in [7, 11) is 0. The fourth-order valence-corrected chi connectivity index (χ4v) is 1.55. The second-order valence-electron chi connectivity index (χ2n) is 3.04. The monoisotopic (exact) mass is 140 g/mol. The fourth-order valence-electron chi connectivity index (χ4n) is 1.55. The third-order valence-corrected chi connectivity index (χ3v) is 2.51. The predicted molar refractivity (Wildman–Crippen MR) is 43.4 cm³/mol. The van der Waals surface area contributed by atoms with Gasteiger partial charge in [0, 0.05) is 12.6 Å². The van der Waals surface area contributed by atoms with E-state index in [4.69, 9.17) is 11.5 Å². The second kappa shape index (κ2) is 3.17. The van der Waals surface area contributed by atoms with E-state index < -0.39 is 0 Å². The maximum absolute atomic E-state index is 5.77. The summed E-state index contributed by atoms with van der Waals surface area (Å²) in [6, 6.07) is 0.191. The molecule has 2 nitrogen and oxygen atoms in total. The van der Waals surface area contributed by atoms with Gasteiger partial charge in [0.05, 0.1) is 0 Å². The summed E-state index contributed by atoms with van der Waals surface area (Å²) in [5.41, 5.74) is 11.2. The van der Waals surface area contributed by atoms with Crippen LogP contribution < -0.4 is 11.5 Å². The van der Waals surface area contributed by atoms with Gasteiger partial charge in [-0.1, -0.05) is 6.08 Å². The molecule has 0 aromatic heterocycles. The van der Waals surface area contributed by atoms with Crippen molar-refractivity contribution in [2.24, 2.45) is 23.3 Å². The SMILES string of the molecule is C=CC1CC[C@@H]1[C@H](N)CN. The Morgan fingerprint density at radius 2 is 2.30 bits per heavy atom. The Morgan fingerprint density at radius 3 is 2.60 bits per heavy atom. The molecule has 1 aliphatic carbocycles. The first-order chi connectivity index (χ1) is 4.79. The van der Waals surface area contributed by atoms with E-state index in [1.54, 1.807) is 0 Å². The Hall–Kier alpha value is -0.340. The first kappa shape index (κ1) is 7.76. The average molecular weight is 140 g/mol. The standard InChI is InChI=1S/C8H16N2/c1-2-6-3-4-7(6)8(10)5-9/h2,6-8H,1,3-5,9-10H2/t6?,7-,8+/m0/s1. The van der Waals surface area contributed by atoms with Crippen LogP contribution in [0.4, 0.5) is 0 Å². The van der Waals surface area contributed by atoms with E-state index in [0.717, 1.165) is 0 Å². The molecule has 0 aromatic carbocycles. The van der Waals surface area contributed by atoms with Gasteiger partial charge >= 0.3 is 0 Å². The first-order valence-corrected chi connectivity index (χ1v) is 3.87. The van der Waals surface area contributed by atoms with Gasteiger partial charge in [-0.15, -0.1) is 6.58 Å². The second-order valence-corrected chi connectivity index (χ2v) is 3.04. The van der Waals surface area contributed by atoms with Gasteiger partial charge in [-0.2, -0.15) is 0 Å². The fraction of sp³-hybridized carbons (Fsp3) is 0.750. The van der Waals surface area contributed by atoms with Crippen LogP contribution >= 0.6 is 0 Å². The third kappa shape index (κ3) is 1.22. The van der Waals surface area contributed by atoms with E-state index in [0.29, 0.717) is 18.4 Å². The topological polar surface area (TPSA) is 52.0 Å². The Bertz CT molecular complexity index is 122.